The summed E-state index contributed by atoms with van der Waals surface area (Å²) in [5, 5.41) is 10.9. The molecule has 2 rings (SSSR count). The number of nitro benzene ring substituents is 1. The Balaban J connectivity index is 2.59. The van der Waals surface area contributed by atoms with Crippen LogP contribution >= 0.6 is 0 Å². The van der Waals surface area contributed by atoms with Gasteiger partial charge in [-0.05, 0) is 32.8 Å². The van der Waals surface area contributed by atoms with Crippen LogP contribution in [0.3, 0.4) is 0 Å². The van der Waals surface area contributed by atoms with Gasteiger partial charge in [-0.25, -0.2) is 0 Å². The van der Waals surface area contributed by atoms with Gasteiger partial charge in [0.1, 0.15) is 5.78 Å². The summed E-state index contributed by atoms with van der Waals surface area (Å²) in [5.74, 6) is 0.0289. The average molecular weight is 219 g/mol. The summed E-state index contributed by atoms with van der Waals surface area (Å²) in [7, 11) is 0. The molecule has 1 saturated carbocycles. The largest absolute Gasteiger partial charge is 0.299 e. The Hall–Kier alpha value is -1.71. The summed E-state index contributed by atoms with van der Waals surface area (Å²) in [5.41, 5.74) is 1.03. The Labute approximate surface area is 93.4 Å². The van der Waals surface area contributed by atoms with Crippen LogP contribution in [0.4, 0.5) is 5.69 Å². The summed E-state index contributed by atoms with van der Waals surface area (Å²) >= 11 is 0. The summed E-state index contributed by atoms with van der Waals surface area (Å²) < 4.78 is 0. The molecule has 0 aromatic heterocycles. The second-order valence-electron chi connectivity index (χ2n) is 4.42. The summed E-state index contributed by atoms with van der Waals surface area (Å²) in [6, 6.07) is 4.97. The predicted octanol–water partition coefficient (Wildman–Crippen LogP) is 2.52. The molecule has 4 nitrogen and oxygen atoms in total. The molecule has 0 aliphatic heterocycles. The van der Waals surface area contributed by atoms with Gasteiger partial charge in [0.2, 0.25) is 0 Å². The molecule has 84 valence electrons. The number of nitro groups is 1. The minimum absolute atomic E-state index is 0.0289. The normalized spacial score (nSPS) is 16.9. The molecule has 1 aliphatic rings. The van der Waals surface area contributed by atoms with E-state index in [0.29, 0.717) is 5.56 Å². The number of aryl methyl sites for hydroxylation is 1. The minimum Gasteiger partial charge on any atom is -0.299 e. The van der Waals surface area contributed by atoms with Crippen molar-refractivity contribution in [1.29, 1.82) is 0 Å². The van der Waals surface area contributed by atoms with Crippen LogP contribution < -0.4 is 0 Å². The van der Waals surface area contributed by atoms with Gasteiger partial charge in [0.15, 0.2) is 0 Å². The highest BCUT2D eigenvalue weighted by Gasteiger charge is 2.52. The number of hydrogen-bond acceptors (Lipinski definition) is 3. The number of Topliss-reactive ketones (excluding diaryl/α,β-unsaturated/α-hetero) is 1. The molecular formula is C12H13NO3. The molecule has 0 bridgehead atoms. The van der Waals surface area contributed by atoms with E-state index >= 15 is 0 Å². The molecule has 0 radical (unpaired) electrons. The molecule has 0 heterocycles. The summed E-state index contributed by atoms with van der Waals surface area (Å²) in [6.07, 6.45) is 1.46. The van der Waals surface area contributed by atoms with Gasteiger partial charge in [0, 0.05) is 11.6 Å². The number of benzene rings is 1. The maximum atomic E-state index is 11.6. The van der Waals surface area contributed by atoms with Crippen molar-refractivity contribution in [2.75, 3.05) is 0 Å². The van der Waals surface area contributed by atoms with Crippen LogP contribution in [-0.2, 0) is 10.2 Å². The van der Waals surface area contributed by atoms with Crippen molar-refractivity contribution in [1.82, 2.24) is 0 Å². The van der Waals surface area contributed by atoms with Crippen LogP contribution in [0.25, 0.3) is 0 Å². The number of ketones is 1. The Kier molecular flexibility index (Phi) is 2.30. The maximum absolute atomic E-state index is 11.6. The average Bonchev–Trinajstić information content (AvgIpc) is 2.97. The summed E-state index contributed by atoms with van der Waals surface area (Å²) in [4.78, 5) is 22.1. The molecular weight excluding hydrogens is 206 g/mol. The summed E-state index contributed by atoms with van der Waals surface area (Å²) in [6.45, 7) is 3.39. The van der Waals surface area contributed by atoms with E-state index in [9.17, 15) is 14.9 Å². The predicted molar refractivity (Wildman–Crippen MR) is 59.4 cm³/mol. The monoisotopic (exact) mass is 219 g/mol. The van der Waals surface area contributed by atoms with Gasteiger partial charge in [-0.2, -0.15) is 0 Å². The molecule has 16 heavy (non-hydrogen) atoms. The first-order chi connectivity index (χ1) is 7.47. The third kappa shape index (κ3) is 1.50. The molecule has 1 aliphatic carbocycles. The fraction of sp³-hybridized carbons (Fsp3) is 0.417. The molecule has 1 fully saturated rings. The number of hydrogen-bond donors (Lipinski definition) is 0. The topological polar surface area (TPSA) is 60.2 Å². The standard InChI is InChI=1S/C12H13NO3/c1-8-3-4-11(13(15)16)10(7-8)12(5-6-12)9(2)14/h3-4,7H,5-6H2,1-2H3. The van der Waals surface area contributed by atoms with Crippen LogP contribution in [0.2, 0.25) is 0 Å². The molecule has 0 N–H and O–H groups in total. The maximum Gasteiger partial charge on any atom is 0.273 e. The van der Waals surface area contributed by atoms with Gasteiger partial charge in [0.05, 0.1) is 10.3 Å². The van der Waals surface area contributed by atoms with E-state index in [-0.39, 0.29) is 11.5 Å². The second kappa shape index (κ2) is 3.40. The van der Waals surface area contributed by atoms with Gasteiger partial charge in [0.25, 0.3) is 5.69 Å². The zero-order valence-corrected chi connectivity index (χ0v) is 9.32. The lowest BCUT2D eigenvalue weighted by Gasteiger charge is -2.12. The second-order valence-corrected chi connectivity index (χ2v) is 4.42. The number of rotatable bonds is 3. The zero-order valence-electron chi connectivity index (χ0n) is 9.32. The van der Waals surface area contributed by atoms with Crippen LogP contribution in [0, 0.1) is 17.0 Å². The smallest absolute Gasteiger partial charge is 0.273 e. The molecule has 0 unspecified atom stereocenters. The minimum atomic E-state index is -0.575. The van der Waals surface area contributed by atoms with E-state index in [2.05, 4.69) is 0 Å². The molecule has 0 saturated heterocycles. The number of carbonyl (C=O) groups is 1. The molecule has 0 spiro atoms. The van der Waals surface area contributed by atoms with Crippen molar-refractivity contribution in [2.45, 2.75) is 32.1 Å². The first kappa shape index (κ1) is 10.8. The van der Waals surface area contributed by atoms with E-state index in [1.165, 1.54) is 13.0 Å². The fourth-order valence-electron chi connectivity index (χ4n) is 2.13. The lowest BCUT2D eigenvalue weighted by molar-refractivity contribution is -0.385. The Morgan fingerprint density at radius 3 is 2.50 bits per heavy atom. The van der Waals surface area contributed by atoms with Crippen molar-refractivity contribution in [2.24, 2.45) is 0 Å². The lowest BCUT2D eigenvalue weighted by atomic mass is 9.89. The Bertz CT molecular complexity index is 475. The van der Waals surface area contributed by atoms with Crippen LogP contribution in [0.1, 0.15) is 30.9 Å². The van der Waals surface area contributed by atoms with Gasteiger partial charge >= 0.3 is 0 Å². The van der Waals surface area contributed by atoms with E-state index < -0.39 is 10.3 Å². The number of nitrogens with zero attached hydrogens (tertiary/aromatic N) is 1. The molecule has 0 atom stereocenters. The highest BCUT2D eigenvalue weighted by Crippen LogP contribution is 2.51. The SMILES string of the molecule is CC(=O)C1(c2cc(C)ccc2[N+](=O)[O-])CC1. The van der Waals surface area contributed by atoms with Gasteiger partial charge in [-0.15, -0.1) is 0 Å². The fourth-order valence-corrected chi connectivity index (χ4v) is 2.13. The third-order valence-corrected chi connectivity index (χ3v) is 3.29. The first-order valence-electron chi connectivity index (χ1n) is 5.24. The van der Waals surface area contributed by atoms with Crippen LogP contribution in [0.5, 0.6) is 0 Å². The van der Waals surface area contributed by atoms with E-state index in [1.807, 2.05) is 6.92 Å². The zero-order chi connectivity index (χ0) is 11.9. The molecule has 1 aromatic rings. The van der Waals surface area contributed by atoms with Gasteiger partial charge < -0.3 is 0 Å². The van der Waals surface area contributed by atoms with Crippen molar-refractivity contribution < 1.29 is 9.72 Å². The lowest BCUT2D eigenvalue weighted by Crippen LogP contribution is -2.18. The van der Waals surface area contributed by atoms with E-state index in [0.717, 1.165) is 18.4 Å². The van der Waals surface area contributed by atoms with Gasteiger partial charge in [-0.1, -0.05) is 11.6 Å². The molecule has 1 aromatic carbocycles. The van der Waals surface area contributed by atoms with E-state index in [1.54, 1.807) is 12.1 Å². The Morgan fingerprint density at radius 2 is 2.06 bits per heavy atom. The highest BCUT2D eigenvalue weighted by molar-refractivity contribution is 5.92. The first-order valence-corrected chi connectivity index (χ1v) is 5.24. The number of carbonyl (C=O) groups excluding carboxylic acids is 1. The third-order valence-electron chi connectivity index (χ3n) is 3.29. The van der Waals surface area contributed by atoms with Crippen molar-refractivity contribution in [3.05, 3.63) is 39.4 Å². The van der Waals surface area contributed by atoms with Crippen LogP contribution in [0.15, 0.2) is 18.2 Å². The highest BCUT2D eigenvalue weighted by atomic mass is 16.6. The molecule has 0 amide bonds. The van der Waals surface area contributed by atoms with Crippen molar-refractivity contribution in [3.8, 4) is 0 Å². The molecule has 4 heteroatoms. The van der Waals surface area contributed by atoms with Crippen molar-refractivity contribution >= 4 is 11.5 Å². The van der Waals surface area contributed by atoms with Crippen molar-refractivity contribution in [3.63, 3.8) is 0 Å². The Morgan fingerprint density at radius 1 is 1.44 bits per heavy atom. The van der Waals surface area contributed by atoms with E-state index in [4.69, 9.17) is 0 Å². The van der Waals surface area contributed by atoms with Crippen LogP contribution in [-0.4, -0.2) is 10.7 Å². The van der Waals surface area contributed by atoms with Gasteiger partial charge in [-0.3, -0.25) is 14.9 Å². The quantitative estimate of drug-likeness (QED) is 0.579.